The quantitative estimate of drug-likeness (QED) is 0.467. The smallest absolute Gasteiger partial charge is 0.225 e. The molecule has 1 saturated heterocycles. The van der Waals surface area contributed by atoms with Crippen molar-refractivity contribution in [2.24, 2.45) is 0 Å². The Balaban J connectivity index is 1.34. The number of aryl methyl sites for hydroxylation is 2. The highest BCUT2D eigenvalue weighted by atomic mass is 19.1. The summed E-state index contributed by atoms with van der Waals surface area (Å²) in [6, 6.07) is 5.04. The van der Waals surface area contributed by atoms with Crippen molar-refractivity contribution in [2.75, 3.05) is 23.3 Å². The van der Waals surface area contributed by atoms with E-state index in [9.17, 15) is 4.39 Å². The third-order valence-corrected chi connectivity index (χ3v) is 6.08. The molecule has 0 spiro atoms. The molecule has 0 amide bonds. The number of nitrogens with one attached hydrogen (secondary N) is 1. The van der Waals surface area contributed by atoms with Crippen LogP contribution in [-0.4, -0.2) is 33.0 Å². The van der Waals surface area contributed by atoms with Crippen molar-refractivity contribution in [3.8, 4) is 0 Å². The van der Waals surface area contributed by atoms with Gasteiger partial charge in [-0.3, -0.25) is 0 Å². The number of nitrogens with zero attached hydrogens (tertiary/aromatic N) is 5. The monoisotopic (exact) mass is 432 g/mol. The molecule has 0 radical (unpaired) electrons. The van der Waals surface area contributed by atoms with Gasteiger partial charge in [-0.2, -0.15) is 0 Å². The Morgan fingerprint density at radius 3 is 2.62 bits per heavy atom. The van der Waals surface area contributed by atoms with E-state index in [-0.39, 0.29) is 5.82 Å². The van der Waals surface area contributed by atoms with Gasteiger partial charge in [0.25, 0.3) is 0 Å². The summed E-state index contributed by atoms with van der Waals surface area (Å²) in [7, 11) is 0. The number of aromatic nitrogens is 4. The molecule has 4 heterocycles. The molecule has 0 aliphatic carbocycles. The number of benzene rings is 1. The predicted octanol–water partition coefficient (Wildman–Crippen LogP) is 5.15. The van der Waals surface area contributed by atoms with Gasteiger partial charge >= 0.3 is 0 Å². The fourth-order valence-electron chi connectivity index (χ4n) is 4.18. The zero-order chi connectivity index (χ0) is 22.1. The van der Waals surface area contributed by atoms with E-state index in [4.69, 9.17) is 4.42 Å². The molecule has 1 N–H and O–H groups in total. The van der Waals surface area contributed by atoms with Gasteiger partial charge in [0.05, 0.1) is 12.0 Å². The summed E-state index contributed by atoms with van der Waals surface area (Å²) in [6.45, 7) is 5.69. The molecule has 8 heteroatoms. The van der Waals surface area contributed by atoms with E-state index >= 15 is 0 Å². The third kappa shape index (κ3) is 3.88. The Bertz CT molecular complexity index is 1230. The van der Waals surface area contributed by atoms with Crippen LogP contribution >= 0.6 is 0 Å². The van der Waals surface area contributed by atoms with Crippen LogP contribution in [0.3, 0.4) is 0 Å². The molecule has 7 nitrogen and oxygen atoms in total. The largest absolute Gasteiger partial charge is 0.458 e. The second-order valence-electron chi connectivity index (χ2n) is 8.21. The third-order valence-electron chi connectivity index (χ3n) is 6.08. The van der Waals surface area contributed by atoms with E-state index in [2.05, 4.69) is 37.1 Å². The molecule has 32 heavy (non-hydrogen) atoms. The second kappa shape index (κ2) is 8.53. The van der Waals surface area contributed by atoms with Crippen LogP contribution < -0.4 is 10.2 Å². The van der Waals surface area contributed by atoms with Crippen molar-refractivity contribution < 1.29 is 8.81 Å². The second-order valence-corrected chi connectivity index (χ2v) is 8.21. The van der Waals surface area contributed by atoms with E-state index in [1.165, 1.54) is 12.4 Å². The molecular formula is C24H25FN6O. The van der Waals surface area contributed by atoms with Crippen molar-refractivity contribution in [3.63, 3.8) is 0 Å². The zero-order valence-corrected chi connectivity index (χ0v) is 18.2. The highest BCUT2D eigenvalue weighted by molar-refractivity contribution is 5.88. The number of hydrogen-bond donors (Lipinski definition) is 1. The van der Waals surface area contributed by atoms with Crippen LogP contribution in [-0.2, 0) is 6.42 Å². The molecule has 5 rings (SSSR count). The highest BCUT2D eigenvalue weighted by Gasteiger charge is 2.26. The number of halogens is 1. The molecule has 3 aromatic heterocycles. The molecule has 0 bridgehead atoms. The van der Waals surface area contributed by atoms with Crippen LogP contribution in [0.4, 0.5) is 21.8 Å². The minimum absolute atomic E-state index is 0.321. The SMILES string of the molecule is CCc1cnc(N2CCC(c3coc4c(Nc5ccc(C)cc5F)ncnc34)CC2)nc1. The Labute approximate surface area is 185 Å². The Morgan fingerprint density at radius 2 is 1.91 bits per heavy atom. The average Bonchev–Trinajstić information content (AvgIpc) is 3.26. The zero-order valence-electron chi connectivity index (χ0n) is 18.2. The number of piperidine rings is 1. The Hall–Kier alpha value is -3.55. The van der Waals surface area contributed by atoms with E-state index in [0.717, 1.165) is 60.5 Å². The topological polar surface area (TPSA) is 80.0 Å². The fraction of sp³-hybridized carbons (Fsp3) is 0.333. The van der Waals surface area contributed by atoms with Crippen LogP contribution in [0.5, 0.6) is 0 Å². The van der Waals surface area contributed by atoms with Crippen LogP contribution in [0, 0.1) is 12.7 Å². The molecule has 4 aromatic rings. The molecule has 1 fully saturated rings. The van der Waals surface area contributed by atoms with Gasteiger partial charge in [0.2, 0.25) is 5.95 Å². The average molecular weight is 433 g/mol. The van der Waals surface area contributed by atoms with Gasteiger partial charge in [0, 0.05) is 31.0 Å². The first kappa shape index (κ1) is 20.4. The maximum Gasteiger partial charge on any atom is 0.225 e. The van der Waals surface area contributed by atoms with Crippen LogP contribution in [0.15, 0.2) is 47.6 Å². The summed E-state index contributed by atoms with van der Waals surface area (Å²) in [6.07, 6.45) is 9.91. The van der Waals surface area contributed by atoms with Crippen molar-refractivity contribution in [1.29, 1.82) is 0 Å². The number of furan rings is 1. The van der Waals surface area contributed by atoms with Gasteiger partial charge in [-0.15, -0.1) is 0 Å². The van der Waals surface area contributed by atoms with Crippen molar-refractivity contribution >= 4 is 28.6 Å². The van der Waals surface area contributed by atoms with Gasteiger partial charge in [-0.1, -0.05) is 13.0 Å². The lowest BCUT2D eigenvalue weighted by molar-refractivity contribution is 0.493. The molecule has 0 saturated carbocycles. The van der Waals surface area contributed by atoms with Gasteiger partial charge in [0.15, 0.2) is 11.4 Å². The molecule has 0 unspecified atom stereocenters. The van der Waals surface area contributed by atoms with Gasteiger partial charge < -0.3 is 14.6 Å². The van der Waals surface area contributed by atoms with Crippen molar-refractivity contribution in [1.82, 2.24) is 19.9 Å². The fourth-order valence-corrected chi connectivity index (χ4v) is 4.18. The van der Waals surface area contributed by atoms with Gasteiger partial charge in [-0.05, 0) is 55.4 Å². The standard InChI is InChI=1S/C24H25FN6O/c1-3-16-11-26-24(27-12-16)31-8-6-17(7-9-31)18-13-32-22-21(18)28-14-29-23(22)30-20-5-4-15(2)10-19(20)25/h4-5,10-14,17H,3,6-9H2,1-2H3,(H,28,29,30). The van der Waals surface area contributed by atoms with Gasteiger partial charge in [-0.25, -0.2) is 24.3 Å². The lowest BCUT2D eigenvalue weighted by Gasteiger charge is -2.31. The van der Waals surface area contributed by atoms with Crippen LogP contribution in [0.2, 0.25) is 0 Å². The van der Waals surface area contributed by atoms with Crippen LogP contribution in [0.25, 0.3) is 11.1 Å². The number of fused-ring (bicyclic) bond motifs is 1. The lowest BCUT2D eigenvalue weighted by atomic mass is 9.90. The summed E-state index contributed by atoms with van der Waals surface area (Å²) in [5.74, 6) is 1.24. The Kier molecular flexibility index (Phi) is 5.43. The van der Waals surface area contributed by atoms with E-state index in [1.54, 1.807) is 12.3 Å². The summed E-state index contributed by atoms with van der Waals surface area (Å²) in [5.41, 5.74) is 4.75. The number of anilines is 3. The van der Waals surface area contributed by atoms with Crippen molar-refractivity contribution in [3.05, 3.63) is 65.7 Å². The predicted molar refractivity (Wildman–Crippen MR) is 122 cm³/mol. The summed E-state index contributed by atoms with van der Waals surface area (Å²) >= 11 is 0. The van der Waals surface area contributed by atoms with E-state index in [0.29, 0.717) is 23.0 Å². The first-order valence-corrected chi connectivity index (χ1v) is 10.9. The molecule has 164 valence electrons. The molecule has 1 aliphatic rings. The first-order valence-electron chi connectivity index (χ1n) is 10.9. The lowest BCUT2D eigenvalue weighted by Crippen LogP contribution is -2.34. The number of rotatable bonds is 5. The van der Waals surface area contributed by atoms with E-state index < -0.39 is 0 Å². The minimum Gasteiger partial charge on any atom is -0.458 e. The Morgan fingerprint density at radius 1 is 1.12 bits per heavy atom. The minimum atomic E-state index is -0.329. The maximum atomic E-state index is 14.3. The highest BCUT2D eigenvalue weighted by Crippen LogP contribution is 2.36. The molecule has 1 aromatic carbocycles. The van der Waals surface area contributed by atoms with E-state index in [1.807, 2.05) is 25.4 Å². The molecule has 0 atom stereocenters. The van der Waals surface area contributed by atoms with Gasteiger partial charge in [0.1, 0.15) is 17.7 Å². The summed E-state index contributed by atoms with van der Waals surface area (Å²) in [4.78, 5) is 20.0. The summed E-state index contributed by atoms with van der Waals surface area (Å²) < 4.78 is 20.2. The number of hydrogen-bond acceptors (Lipinski definition) is 7. The normalized spacial score (nSPS) is 14.8. The summed E-state index contributed by atoms with van der Waals surface area (Å²) in [5, 5.41) is 3.05. The first-order chi connectivity index (χ1) is 15.6. The van der Waals surface area contributed by atoms with Crippen LogP contribution in [0.1, 0.15) is 42.4 Å². The molecular weight excluding hydrogens is 407 g/mol. The maximum absolute atomic E-state index is 14.3. The van der Waals surface area contributed by atoms with Crippen molar-refractivity contribution in [2.45, 2.75) is 39.0 Å². The molecule has 1 aliphatic heterocycles.